The minimum Gasteiger partial charge on any atom is -0.342 e. The molecule has 0 spiro atoms. The van der Waals surface area contributed by atoms with E-state index in [0.29, 0.717) is 5.69 Å². The number of thiazole rings is 1. The molecule has 23 heavy (non-hydrogen) atoms. The van der Waals surface area contributed by atoms with Crippen molar-refractivity contribution in [2.24, 2.45) is 0 Å². The van der Waals surface area contributed by atoms with Gasteiger partial charge in [-0.15, -0.1) is 11.3 Å². The van der Waals surface area contributed by atoms with Gasteiger partial charge in [0.15, 0.2) is 4.96 Å². The predicted octanol–water partition coefficient (Wildman–Crippen LogP) is 2.35. The van der Waals surface area contributed by atoms with E-state index in [9.17, 15) is 4.79 Å². The Morgan fingerprint density at radius 2 is 2.22 bits per heavy atom. The average Bonchev–Trinajstić information content (AvgIpc) is 3.19. The third-order valence-corrected chi connectivity index (χ3v) is 5.25. The van der Waals surface area contributed by atoms with E-state index in [0.717, 1.165) is 11.4 Å². The van der Waals surface area contributed by atoms with E-state index < -0.39 is 0 Å². The van der Waals surface area contributed by atoms with Crippen molar-refractivity contribution < 1.29 is 4.79 Å². The minimum atomic E-state index is -0.116. The molecule has 0 aliphatic heterocycles. The number of hydrogen-bond acceptors (Lipinski definition) is 4. The number of nitrogens with zero attached hydrogens (tertiary/aromatic N) is 3. The lowest BCUT2D eigenvalue weighted by atomic mass is 10.1. The van der Waals surface area contributed by atoms with E-state index in [-0.39, 0.29) is 18.0 Å². The van der Waals surface area contributed by atoms with E-state index in [4.69, 9.17) is 0 Å². The largest absolute Gasteiger partial charge is 0.342 e. The molecule has 1 aliphatic rings. The number of rotatable bonds is 3. The Morgan fingerprint density at radius 1 is 1.39 bits per heavy atom. The number of fused-ring (bicyclic) bond motifs is 2. The Kier molecular flexibility index (Phi) is 3.43. The lowest BCUT2D eigenvalue weighted by Gasteiger charge is -2.27. The first kappa shape index (κ1) is 14.4. The molecule has 1 amide bonds. The first-order valence-electron chi connectivity index (χ1n) is 7.61. The number of carbonyl (C=O) groups excluding carboxylic acids is 1. The number of imidazole rings is 1. The highest BCUT2D eigenvalue weighted by Crippen LogP contribution is 2.33. The van der Waals surface area contributed by atoms with Gasteiger partial charge in [0.2, 0.25) is 0 Å². The summed E-state index contributed by atoms with van der Waals surface area (Å²) in [4.78, 5) is 20.1. The molecule has 0 bridgehead atoms. The van der Waals surface area contributed by atoms with Crippen LogP contribution in [0.15, 0.2) is 42.0 Å². The van der Waals surface area contributed by atoms with Gasteiger partial charge in [0.25, 0.3) is 5.91 Å². The number of likely N-dealkylation sites (N-methyl/N-ethyl adjacent to an activating group) is 1. The van der Waals surface area contributed by atoms with Crippen LogP contribution in [0.4, 0.5) is 0 Å². The third-order valence-electron chi connectivity index (χ3n) is 4.48. The van der Waals surface area contributed by atoms with E-state index in [1.165, 1.54) is 22.5 Å². The molecule has 3 aromatic rings. The fourth-order valence-corrected chi connectivity index (χ4v) is 3.98. The molecular formula is C17H18N4OS. The second kappa shape index (κ2) is 5.47. The van der Waals surface area contributed by atoms with Crippen molar-refractivity contribution in [3.8, 4) is 0 Å². The molecule has 0 unspecified atom stereocenters. The molecule has 0 saturated carbocycles. The molecule has 5 nitrogen and oxygen atoms in total. The molecule has 1 N–H and O–H groups in total. The number of hydrogen-bond donors (Lipinski definition) is 1. The fourth-order valence-electron chi connectivity index (χ4n) is 3.28. The Hall–Kier alpha value is -2.18. The Bertz CT molecular complexity index is 838. The van der Waals surface area contributed by atoms with Gasteiger partial charge in [-0.1, -0.05) is 24.3 Å². The summed E-state index contributed by atoms with van der Waals surface area (Å²) in [6, 6.07) is 8.59. The first-order chi connectivity index (χ1) is 11.1. The molecule has 0 radical (unpaired) electrons. The number of nitrogens with one attached hydrogen (secondary N) is 1. The minimum absolute atomic E-state index is 0.00608. The maximum Gasteiger partial charge on any atom is 0.272 e. The summed E-state index contributed by atoms with van der Waals surface area (Å²) in [5.74, 6) is -0.116. The van der Waals surface area contributed by atoms with Crippen LogP contribution in [0, 0.1) is 0 Å². The number of carbonyl (C=O) groups is 1. The zero-order chi connectivity index (χ0) is 16.0. The summed E-state index contributed by atoms with van der Waals surface area (Å²) in [6.45, 7) is 0. The SMILES string of the molecule is CN(C)[C@@H]1Cc2ccccc2[C@H]1NC(=O)c1cn2ccsc2n1. The molecule has 0 fully saturated rings. The van der Waals surface area contributed by atoms with Crippen molar-refractivity contribution in [1.82, 2.24) is 19.6 Å². The van der Waals surface area contributed by atoms with Gasteiger partial charge in [0.05, 0.1) is 6.04 Å². The summed E-state index contributed by atoms with van der Waals surface area (Å²) >= 11 is 1.53. The van der Waals surface area contributed by atoms with Gasteiger partial charge in [-0.25, -0.2) is 4.98 Å². The van der Waals surface area contributed by atoms with Gasteiger partial charge in [0, 0.05) is 23.8 Å². The van der Waals surface area contributed by atoms with Crippen LogP contribution in [0.25, 0.3) is 4.96 Å². The second-order valence-corrected chi connectivity index (χ2v) is 6.98. The van der Waals surface area contributed by atoms with Crippen molar-refractivity contribution >= 4 is 22.2 Å². The first-order valence-corrected chi connectivity index (χ1v) is 8.49. The van der Waals surface area contributed by atoms with E-state index in [2.05, 4.69) is 47.5 Å². The molecule has 4 rings (SSSR count). The quantitative estimate of drug-likeness (QED) is 0.804. The molecule has 2 atom stereocenters. The highest BCUT2D eigenvalue weighted by molar-refractivity contribution is 7.15. The molecule has 2 aromatic heterocycles. The van der Waals surface area contributed by atoms with Crippen LogP contribution in [0.5, 0.6) is 0 Å². The van der Waals surface area contributed by atoms with E-state index in [1.807, 2.05) is 22.0 Å². The van der Waals surface area contributed by atoms with Crippen LogP contribution in [0.3, 0.4) is 0 Å². The van der Waals surface area contributed by atoms with Crippen molar-refractivity contribution in [3.63, 3.8) is 0 Å². The third kappa shape index (κ3) is 2.44. The van der Waals surface area contributed by atoms with Gasteiger partial charge in [0.1, 0.15) is 5.69 Å². The Morgan fingerprint density at radius 3 is 3.00 bits per heavy atom. The normalized spacial score (nSPS) is 20.1. The van der Waals surface area contributed by atoms with E-state index in [1.54, 1.807) is 6.20 Å². The zero-order valence-electron chi connectivity index (χ0n) is 13.1. The van der Waals surface area contributed by atoms with E-state index >= 15 is 0 Å². The molecule has 1 aliphatic carbocycles. The summed E-state index contributed by atoms with van der Waals surface area (Å²) in [5, 5.41) is 5.14. The van der Waals surface area contributed by atoms with Gasteiger partial charge in [-0.05, 0) is 31.6 Å². The van der Waals surface area contributed by atoms with Crippen molar-refractivity contribution in [3.05, 3.63) is 58.9 Å². The molecule has 6 heteroatoms. The summed E-state index contributed by atoms with van der Waals surface area (Å²) in [6.07, 6.45) is 4.65. The summed E-state index contributed by atoms with van der Waals surface area (Å²) in [5.41, 5.74) is 2.99. The highest BCUT2D eigenvalue weighted by Gasteiger charge is 2.35. The van der Waals surface area contributed by atoms with Crippen molar-refractivity contribution in [2.75, 3.05) is 14.1 Å². The molecule has 1 aromatic carbocycles. The highest BCUT2D eigenvalue weighted by atomic mass is 32.1. The summed E-state index contributed by atoms with van der Waals surface area (Å²) in [7, 11) is 4.12. The lowest BCUT2D eigenvalue weighted by molar-refractivity contribution is 0.0910. The molecule has 0 saturated heterocycles. The van der Waals surface area contributed by atoms with Crippen LogP contribution in [-0.4, -0.2) is 40.3 Å². The molecule has 2 heterocycles. The molecular weight excluding hydrogens is 308 g/mol. The van der Waals surface area contributed by atoms with Crippen LogP contribution in [0.1, 0.15) is 27.7 Å². The topological polar surface area (TPSA) is 49.6 Å². The number of aromatic nitrogens is 2. The Labute approximate surface area is 138 Å². The van der Waals surface area contributed by atoms with Gasteiger partial charge < -0.3 is 10.2 Å². The van der Waals surface area contributed by atoms with Crippen LogP contribution in [-0.2, 0) is 6.42 Å². The maximum absolute atomic E-state index is 12.6. The zero-order valence-corrected chi connectivity index (χ0v) is 13.9. The Balaban J connectivity index is 1.63. The van der Waals surface area contributed by atoms with Crippen molar-refractivity contribution in [1.29, 1.82) is 0 Å². The van der Waals surface area contributed by atoms with Crippen molar-refractivity contribution in [2.45, 2.75) is 18.5 Å². The lowest BCUT2D eigenvalue weighted by Crippen LogP contribution is -2.41. The van der Waals surface area contributed by atoms with Gasteiger partial charge in [-0.3, -0.25) is 9.20 Å². The standard InChI is InChI=1S/C17H18N4OS/c1-20(2)14-9-11-5-3-4-6-12(11)15(14)19-16(22)13-10-21-7-8-23-17(21)18-13/h3-8,10,14-15H,9H2,1-2H3,(H,19,22)/t14-,15-/m1/s1. The second-order valence-electron chi connectivity index (χ2n) is 6.10. The summed E-state index contributed by atoms with van der Waals surface area (Å²) < 4.78 is 1.88. The van der Waals surface area contributed by atoms with Crippen LogP contribution in [0.2, 0.25) is 0 Å². The average molecular weight is 326 g/mol. The fraction of sp³-hybridized carbons (Fsp3) is 0.294. The number of benzene rings is 1. The predicted molar refractivity (Wildman–Crippen MR) is 90.9 cm³/mol. The molecule has 118 valence electrons. The maximum atomic E-state index is 12.6. The van der Waals surface area contributed by atoms with Gasteiger partial charge >= 0.3 is 0 Å². The monoisotopic (exact) mass is 326 g/mol. The smallest absolute Gasteiger partial charge is 0.272 e. The van der Waals surface area contributed by atoms with Crippen LogP contribution >= 0.6 is 11.3 Å². The number of amides is 1. The van der Waals surface area contributed by atoms with Gasteiger partial charge in [-0.2, -0.15) is 0 Å². The van der Waals surface area contributed by atoms with Crippen LogP contribution < -0.4 is 5.32 Å².